The van der Waals surface area contributed by atoms with Crippen LogP contribution in [-0.4, -0.2) is 46.9 Å². The molecule has 1 aromatic rings. The number of aromatic hydroxyl groups is 1. The molecule has 1 amide bonds. The Morgan fingerprint density at radius 3 is 2.43 bits per heavy atom. The van der Waals surface area contributed by atoms with E-state index in [2.05, 4.69) is 0 Å². The zero-order chi connectivity index (χ0) is 15.8. The Morgan fingerprint density at radius 1 is 1.29 bits per heavy atom. The minimum atomic E-state index is -1.10. The molecule has 1 rings (SSSR count). The Balaban J connectivity index is 2.69. The standard InChI is InChI=1S/C15H21NO5/c1-3-4-9-21-15(20)16(2)13(14(18)19)10-11-5-7-12(17)8-6-11/h5-8,13,17H,3-4,9-10H2,1-2H3,(H,18,19). The van der Waals surface area contributed by atoms with Crippen molar-refractivity contribution in [3.05, 3.63) is 29.8 Å². The minimum Gasteiger partial charge on any atom is -0.508 e. The molecule has 1 unspecified atom stereocenters. The van der Waals surface area contributed by atoms with Crippen LogP contribution < -0.4 is 0 Å². The van der Waals surface area contributed by atoms with Crippen molar-refractivity contribution in [1.82, 2.24) is 4.90 Å². The summed E-state index contributed by atoms with van der Waals surface area (Å²) in [6.45, 7) is 2.26. The van der Waals surface area contributed by atoms with Crippen LogP contribution >= 0.6 is 0 Å². The maximum absolute atomic E-state index is 11.8. The predicted molar refractivity (Wildman–Crippen MR) is 77.3 cm³/mol. The van der Waals surface area contributed by atoms with E-state index in [0.717, 1.165) is 17.7 Å². The summed E-state index contributed by atoms with van der Waals surface area (Å²) in [5.74, 6) is -0.990. The molecule has 6 nitrogen and oxygen atoms in total. The molecule has 0 aliphatic heterocycles. The van der Waals surface area contributed by atoms with Gasteiger partial charge in [0.2, 0.25) is 0 Å². The number of likely N-dealkylation sites (N-methyl/N-ethyl adjacent to an activating group) is 1. The maximum Gasteiger partial charge on any atom is 0.410 e. The summed E-state index contributed by atoms with van der Waals surface area (Å²) in [4.78, 5) is 24.2. The van der Waals surface area contributed by atoms with Crippen molar-refractivity contribution in [2.75, 3.05) is 13.7 Å². The van der Waals surface area contributed by atoms with Crippen LogP contribution in [-0.2, 0) is 16.0 Å². The number of ether oxygens (including phenoxy) is 1. The van der Waals surface area contributed by atoms with Gasteiger partial charge in [0.1, 0.15) is 11.8 Å². The van der Waals surface area contributed by atoms with Crippen LogP contribution in [0, 0.1) is 0 Å². The number of nitrogens with zero attached hydrogens (tertiary/aromatic N) is 1. The predicted octanol–water partition coefficient (Wildman–Crippen LogP) is 2.26. The lowest BCUT2D eigenvalue weighted by molar-refractivity contribution is -0.142. The Hall–Kier alpha value is -2.24. The first kappa shape index (κ1) is 16.8. The van der Waals surface area contributed by atoms with Crippen molar-refractivity contribution in [3.8, 4) is 5.75 Å². The van der Waals surface area contributed by atoms with Crippen molar-refractivity contribution in [1.29, 1.82) is 0 Å². The SMILES string of the molecule is CCCCOC(=O)N(C)C(Cc1ccc(O)cc1)C(=O)O. The summed E-state index contributed by atoms with van der Waals surface area (Å²) in [5.41, 5.74) is 0.716. The fraction of sp³-hybridized carbons (Fsp3) is 0.467. The number of rotatable bonds is 7. The van der Waals surface area contributed by atoms with Gasteiger partial charge in [0, 0.05) is 13.5 Å². The molecule has 0 fully saturated rings. The largest absolute Gasteiger partial charge is 0.508 e. The molecule has 1 atom stereocenters. The lowest BCUT2D eigenvalue weighted by Gasteiger charge is -2.24. The maximum atomic E-state index is 11.8. The summed E-state index contributed by atoms with van der Waals surface area (Å²) in [6.07, 6.45) is 1.14. The smallest absolute Gasteiger partial charge is 0.410 e. The number of phenols is 1. The van der Waals surface area contributed by atoms with Crippen molar-refractivity contribution >= 4 is 12.1 Å². The molecule has 116 valence electrons. The van der Waals surface area contributed by atoms with Crippen LogP contribution in [0.4, 0.5) is 4.79 Å². The highest BCUT2D eigenvalue weighted by Gasteiger charge is 2.27. The number of benzene rings is 1. The van der Waals surface area contributed by atoms with Gasteiger partial charge < -0.3 is 14.9 Å². The lowest BCUT2D eigenvalue weighted by atomic mass is 10.1. The third kappa shape index (κ3) is 5.33. The highest BCUT2D eigenvalue weighted by Crippen LogP contribution is 2.14. The number of carbonyl (C=O) groups excluding carboxylic acids is 1. The fourth-order valence-corrected chi connectivity index (χ4v) is 1.78. The first-order chi connectivity index (χ1) is 9.95. The van der Waals surface area contributed by atoms with E-state index in [0.29, 0.717) is 5.56 Å². The second-order valence-corrected chi connectivity index (χ2v) is 4.80. The molecule has 0 aliphatic carbocycles. The Kier molecular flexibility index (Phi) is 6.52. The third-order valence-electron chi connectivity index (χ3n) is 3.13. The van der Waals surface area contributed by atoms with Crippen molar-refractivity contribution in [2.24, 2.45) is 0 Å². The second kappa shape index (κ2) is 8.14. The van der Waals surface area contributed by atoms with Crippen LogP contribution in [0.2, 0.25) is 0 Å². The summed E-state index contributed by atoms with van der Waals surface area (Å²) < 4.78 is 5.02. The van der Waals surface area contributed by atoms with Gasteiger partial charge in [-0.2, -0.15) is 0 Å². The van der Waals surface area contributed by atoms with Gasteiger partial charge in [0.05, 0.1) is 6.61 Å². The number of carbonyl (C=O) groups is 2. The Bertz CT molecular complexity index is 471. The molecular weight excluding hydrogens is 274 g/mol. The van der Waals surface area contributed by atoms with E-state index in [1.54, 1.807) is 12.1 Å². The number of carboxylic acid groups (broad SMARTS) is 1. The van der Waals surface area contributed by atoms with E-state index in [1.165, 1.54) is 19.2 Å². The van der Waals surface area contributed by atoms with E-state index in [4.69, 9.17) is 4.74 Å². The molecule has 0 heterocycles. The molecule has 0 spiro atoms. The highest BCUT2D eigenvalue weighted by atomic mass is 16.6. The molecule has 1 aromatic carbocycles. The second-order valence-electron chi connectivity index (χ2n) is 4.80. The monoisotopic (exact) mass is 295 g/mol. The van der Waals surface area contributed by atoms with Gasteiger partial charge in [-0.25, -0.2) is 9.59 Å². The van der Waals surface area contributed by atoms with Crippen LogP contribution in [0.15, 0.2) is 24.3 Å². The minimum absolute atomic E-state index is 0.109. The summed E-state index contributed by atoms with van der Waals surface area (Å²) in [5, 5.41) is 18.5. The van der Waals surface area contributed by atoms with Crippen molar-refractivity contribution in [2.45, 2.75) is 32.2 Å². The highest BCUT2D eigenvalue weighted by molar-refractivity contribution is 5.80. The Labute approximate surface area is 124 Å². The van der Waals surface area contributed by atoms with Gasteiger partial charge in [-0.05, 0) is 24.1 Å². The van der Waals surface area contributed by atoms with E-state index in [1.807, 2.05) is 6.92 Å². The van der Waals surface area contributed by atoms with Gasteiger partial charge in [-0.3, -0.25) is 4.90 Å². The molecular formula is C15H21NO5. The van der Waals surface area contributed by atoms with Crippen LogP contribution in [0.3, 0.4) is 0 Å². The fourth-order valence-electron chi connectivity index (χ4n) is 1.78. The van der Waals surface area contributed by atoms with Gasteiger partial charge in [-0.15, -0.1) is 0 Å². The first-order valence-electron chi connectivity index (χ1n) is 6.86. The molecule has 0 radical (unpaired) electrons. The van der Waals surface area contributed by atoms with Crippen LogP contribution in [0.5, 0.6) is 5.75 Å². The molecule has 2 N–H and O–H groups in total. The molecule has 6 heteroatoms. The molecule has 0 aromatic heterocycles. The average Bonchev–Trinajstić information content (AvgIpc) is 2.45. The topological polar surface area (TPSA) is 87.1 Å². The summed E-state index contributed by atoms with van der Waals surface area (Å²) >= 11 is 0. The summed E-state index contributed by atoms with van der Waals surface area (Å²) in [7, 11) is 1.41. The molecule has 0 bridgehead atoms. The van der Waals surface area contributed by atoms with E-state index < -0.39 is 18.1 Å². The van der Waals surface area contributed by atoms with Gasteiger partial charge >= 0.3 is 12.1 Å². The molecule has 0 saturated carbocycles. The molecule has 0 aliphatic rings. The van der Waals surface area contributed by atoms with E-state index in [9.17, 15) is 19.8 Å². The normalized spacial score (nSPS) is 11.7. The first-order valence-corrected chi connectivity index (χ1v) is 6.86. The molecule has 21 heavy (non-hydrogen) atoms. The Morgan fingerprint density at radius 2 is 1.90 bits per heavy atom. The number of hydrogen-bond acceptors (Lipinski definition) is 4. The van der Waals surface area contributed by atoms with Crippen LogP contribution in [0.25, 0.3) is 0 Å². The van der Waals surface area contributed by atoms with Crippen LogP contribution in [0.1, 0.15) is 25.3 Å². The van der Waals surface area contributed by atoms with Crippen molar-refractivity contribution < 1.29 is 24.5 Å². The quantitative estimate of drug-likeness (QED) is 0.753. The number of aliphatic carboxylic acids is 1. The van der Waals surface area contributed by atoms with Crippen molar-refractivity contribution in [3.63, 3.8) is 0 Å². The number of unbranched alkanes of at least 4 members (excludes halogenated alkanes) is 1. The third-order valence-corrected chi connectivity index (χ3v) is 3.13. The zero-order valence-corrected chi connectivity index (χ0v) is 12.3. The summed E-state index contributed by atoms with van der Waals surface area (Å²) in [6, 6.07) is 5.20. The number of hydrogen-bond donors (Lipinski definition) is 2. The van der Waals surface area contributed by atoms with Gasteiger partial charge in [0.25, 0.3) is 0 Å². The number of phenolic OH excluding ortho intramolecular Hbond substituents is 1. The van der Waals surface area contributed by atoms with Gasteiger partial charge in [0.15, 0.2) is 0 Å². The number of amides is 1. The zero-order valence-electron chi connectivity index (χ0n) is 12.3. The lowest BCUT2D eigenvalue weighted by Crippen LogP contribution is -2.44. The van der Waals surface area contributed by atoms with E-state index >= 15 is 0 Å². The van der Waals surface area contributed by atoms with Gasteiger partial charge in [-0.1, -0.05) is 25.5 Å². The molecule has 0 saturated heterocycles. The average molecular weight is 295 g/mol. The number of carboxylic acids is 1. The van der Waals surface area contributed by atoms with E-state index in [-0.39, 0.29) is 18.8 Å².